The predicted octanol–water partition coefficient (Wildman–Crippen LogP) is 3.41. The molecule has 0 saturated carbocycles. The summed E-state index contributed by atoms with van der Waals surface area (Å²) in [6.45, 7) is 1.73. The van der Waals surface area contributed by atoms with Crippen molar-refractivity contribution in [2.24, 2.45) is 0 Å². The highest BCUT2D eigenvalue weighted by atomic mass is 32.1. The summed E-state index contributed by atoms with van der Waals surface area (Å²) in [6, 6.07) is 10.7. The van der Waals surface area contributed by atoms with Gasteiger partial charge in [0, 0.05) is 10.3 Å². The van der Waals surface area contributed by atoms with Crippen LogP contribution in [0.15, 0.2) is 51.0 Å². The molecule has 2 aromatic heterocycles. The zero-order valence-electron chi connectivity index (χ0n) is 12.7. The van der Waals surface area contributed by atoms with Gasteiger partial charge in [0.15, 0.2) is 0 Å². The van der Waals surface area contributed by atoms with Crippen LogP contribution in [0.2, 0.25) is 0 Å². The molecule has 0 aliphatic carbocycles. The summed E-state index contributed by atoms with van der Waals surface area (Å²) in [4.78, 5) is 36.4. The number of imide groups is 1. The van der Waals surface area contributed by atoms with Crippen molar-refractivity contribution < 1.29 is 18.7 Å². The van der Waals surface area contributed by atoms with Gasteiger partial charge in [-0.15, -0.1) is 11.3 Å². The van der Waals surface area contributed by atoms with Gasteiger partial charge in [0.1, 0.15) is 11.1 Å². The van der Waals surface area contributed by atoms with Crippen molar-refractivity contribution in [1.82, 2.24) is 5.32 Å². The van der Waals surface area contributed by atoms with Gasteiger partial charge in [-0.25, -0.2) is 9.59 Å². The highest BCUT2D eigenvalue weighted by Crippen LogP contribution is 2.27. The van der Waals surface area contributed by atoms with Crippen molar-refractivity contribution in [3.8, 4) is 10.4 Å². The van der Waals surface area contributed by atoms with E-state index in [0.29, 0.717) is 11.0 Å². The van der Waals surface area contributed by atoms with Gasteiger partial charge in [0.05, 0.1) is 6.61 Å². The monoisotopic (exact) mass is 343 g/mol. The molecule has 3 aromatic rings. The Hall–Kier alpha value is -2.93. The molecule has 0 saturated heterocycles. The Morgan fingerprint density at radius 2 is 2.08 bits per heavy atom. The molecule has 2 heterocycles. The first-order valence-corrected chi connectivity index (χ1v) is 8.06. The molecule has 122 valence electrons. The SMILES string of the molecule is CCOC(=O)NC(=O)c1cc2cc(-c3cccs3)ccc2oc1=O. The van der Waals surface area contributed by atoms with Gasteiger partial charge < -0.3 is 9.15 Å². The van der Waals surface area contributed by atoms with Crippen LogP contribution in [-0.4, -0.2) is 18.6 Å². The van der Waals surface area contributed by atoms with Crippen molar-refractivity contribution in [2.45, 2.75) is 6.92 Å². The Morgan fingerprint density at radius 1 is 1.25 bits per heavy atom. The number of hydrogen-bond donors (Lipinski definition) is 1. The molecule has 0 fully saturated rings. The van der Waals surface area contributed by atoms with Crippen LogP contribution >= 0.6 is 11.3 Å². The minimum Gasteiger partial charge on any atom is -0.450 e. The second-order valence-electron chi connectivity index (χ2n) is 4.85. The first-order valence-electron chi connectivity index (χ1n) is 7.18. The third kappa shape index (κ3) is 3.21. The number of ether oxygens (including phenoxy) is 1. The van der Waals surface area contributed by atoms with E-state index in [1.807, 2.05) is 35.0 Å². The average Bonchev–Trinajstić information content (AvgIpc) is 3.08. The molecule has 3 rings (SSSR count). The van der Waals surface area contributed by atoms with E-state index in [2.05, 4.69) is 4.74 Å². The third-order valence-electron chi connectivity index (χ3n) is 3.27. The molecule has 6 nitrogen and oxygen atoms in total. The normalized spacial score (nSPS) is 10.5. The lowest BCUT2D eigenvalue weighted by molar-refractivity contribution is 0.0921. The molecule has 0 spiro atoms. The summed E-state index contributed by atoms with van der Waals surface area (Å²) in [6.07, 6.45) is -0.908. The fraction of sp³-hybridized carbons (Fsp3) is 0.118. The Morgan fingerprint density at radius 3 is 2.79 bits per heavy atom. The van der Waals surface area contributed by atoms with Gasteiger partial charge in [-0.1, -0.05) is 6.07 Å². The van der Waals surface area contributed by atoms with Gasteiger partial charge in [-0.05, 0) is 48.2 Å². The highest BCUT2D eigenvalue weighted by Gasteiger charge is 2.17. The summed E-state index contributed by atoms with van der Waals surface area (Å²) >= 11 is 1.58. The van der Waals surface area contributed by atoms with E-state index in [4.69, 9.17) is 4.42 Å². The molecule has 0 aliphatic rings. The maximum absolute atomic E-state index is 12.0. The van der Waals surface area contributed by atoms with Crippen LogP contribution in [0.25, 0.3) is 21.4 Å². The maximum Gasteiger partial charge on any atom is 0.414 e. The summed E-state index contributed by atoms with van der Waals surface area (Å²) in [5, 5.41) is 4.54. The highest BCUT2D eigenvalue weighted by molar-refractivity contribution is 7.13. The van der Waals surface area contributed by atoms with Crippen LogP contribution in [0.3, 0.4) is 0 Å². The molecule has 24 heavy (non-hydrogen) atoms. The Balaban J connectivity index is 1.99. The molecule has 0 atom stereocenters. The topological polar surface area (TPSA) is 85.6 Å². The second-order valence-corrected chi connectivity index (χ2v) is 5.80. The van der Waals surface area contributed by atoms with E-state index in [0.717, 1.165) is 10.4 Å². The molecule has 2 amide bonds. The standard InChI is InChI=1S/C17H13NO5S/c1-2-22-17(21)18-15(19)12-9-11-8-10(14-4-3-7-24-14)5-6-13(11)23-16(12)20/h3-9H,2H2,1H3,(H,18,19,21). The van der Waals surface area contributed by atoms with Gasteiger partial charge in [-0.2, -0.15) is 0 Å². The number of fused-ring (bicyclic) bond motifs is 1. The van der Waals surface area contributed by atoms with Crippen molar-refractivity contribution in [1.29, 1.82) is 0 Å². The first-order chi connectivity index (χ1) is 11.6. The van der Waals surface area contributed by atoms with E-state index < -0.39 is 17.6 Å². The fourth-order valence-electron chi connectivity index (χ4n) is 2.21. The molecule has 1 aromatic carbocycles. The van der Waals surface area contributed by atoms with E-state index >= 15 is 0 Å². The van der Waals surface area contributed by atoms with Crippen LogP contribution in [0.4, 0.5) is 4.79 Å². The smallest absolute Gasteiger partial charge is 0.414 e. The number of nitrogens with one attached hydrogen (secondary N) is 1. The molecule has 0 unspecified atom stereocenters. The van der Waals surface area contributed by atoms with Crippen LogP contribution in [0.1, 0.15) is 17.3 Å². The number of amides is 2. The van der Waals surface area contributed by atoms with E-state index in [-0.39, 0.29) is 12.2 Å². The first kappa shape index (κ1) is 15.9. The van der Waals surface area contributed by atoms with Gasteiger partial charge in [0.2, 0.25) is 0 Å². The minimum atomic E-state index is -0.908. The number of alkyl carbamates (subject to hydrolysis) is 1. The van der Waals surface area contributed by atoms with E-state index in [1.54, 1.807) is 24.3 Å². The van der Waals surface area contributed by atoms with Gasteiger partial charge >= 0.3 is 11.7 Å². The summed E-state index contributed by atoms with van der Waals surface area (Å²) in [5.74, 6) is -0.856. The second kappa shape index (κ2) is 6.67. The molecule has 0 aliphatic heterocycles. The van der Waals surface area contributed by atoms with Crippen molar-refractivity contribution in [3.05, 3.63) is 57.8 Å². The molecule has 0 radical (unpaired) electrons. The summed E-state index contributed by atoms with van der Waals surface area (Å²) in [7, 11) is 0. The lowest BCUT2D eigenvalue weighted by Gasteiger charge is -2.05. The zero-order valence-corrected chi connectivity index (χ0v) is 13.5. The number of hydrogen-bond acceptors (Lipinski definition) is 6. The fourth-order valence-corrected chi connectivity index (χ4v) is 2.93. The van der Waals surface area contributed by atoms with Crippen LogP contribution < -0.4 is 10.9 Å². The molecule has 7 heteroatoms. The Kier molecular flexibility index (Phi) is 4.43. The number of thiophene rings is 1. The van der Waals surface area contributed by atoms with Crippen LogP contribution in [-0.2, 0) is 4.74 Å². The zero-order chi connectivity index (χ0) is 17.1. The van der Waals surface area contributed by atoms with Crippen LogP contribution in [0, 0.1) is 0 Å². The lowest BCUT2D eigenvalue weighted by atomic mass is 10.1. The van der Waals surface area contributed by atoms with E-state index in [9.17, 15) is 14.4 Å². The Labute approximate surface area is 140 Å². The summed E-state index contributed by atoms with van der Waals surface area (Å²) in [5.41, 5.74) is 0.253. The lowest BCUT2D eigenvalue weighted by Crippen LogP contribution is -2.33. The predicted molar refractivity (Wildman–Crippen MR) is 90.3 cm³/mol. The van der Waals surface area contributed by atoms with Crippen molar-refractivity contribution in [3.63, 3.8) is 0 Å². The maximum atomic E-state index is 12.0. The average molecular weight is 343 g/mol. The number of rotatable bonds is 3. The summed E-state index contributed by atoms with van der Waals surface area (Å²) < 4.78 is 9.79. The Bertz CT molecular complexity index is 959. The van der Waals surface area contributed by atoms with E-state index in [1.165, 1.54) is 6.07 Å². The molecular formula is C17H13NO5S. The van der Waals surface area contributed by atoms with Crippen molar-refractivity contribution >= 4 is 34.3 Å². The number of carbonyl (C=O) groups excluding carboxylic acids is 2. The quantitative estimate of drug-likeness (QED) is 0.737. The molecule has 1 N–H and O–H groups in total. The van der Waals surface area contributed by atoms with Gasteiger partial charge in [-0.3, -0.25) is 10.1 Å². The number of benzene rings is 1. The largest absolute Gasteiger partial charge is 0.450 e. The minimum absolute atomic E-state index is 0.121. The van der Waals surface area contributed by atoms with Crippen molar-refractivity contribution in [2.75, 3.05) is 6.61 Å². The number of carbonyl (C=O) groups is 2. The molecular weight excluding hydrogens is 330 g/mol. The third-order valence-corrected chi connectivity index (χ3v) is 4.19. The van der Waals surface area contributed by atoms with Gasteiger partial charge in [0.25, 0.3) is 5.91 Å². The molecule has 0 bridgehead atoms. The van der Waals surface area contributed by atoms with Crippen LogP contribution in [0.5, 0.6) is 0 Å².